The quantitative estimate of drug-likeness (QED) is 0.542. The molecule has 32 heavy (non-hydrogen) atoms. The molecule has 0 fully saturated rings. The number of hydrogen-bond donors (Lipinski definition) is 1. The molecular weight excluding hydrogens is 400 g/mol. The fourth-order valence-corrected chi connectivity index (χ4v) is 4.57. The fraction of sp³-hybridized carbons (Fsp3) is 0.154. The van der Waals surface area contributed by atoms with Crippen LogP contribution in [0.25, 0.3) is 22.0 Å². The van der Waals surface area contributed by atoms with E-state index in [1.54, 1.807) is 6.20 Å². The highest BCUT2D eigenvalue weighted by molar-refractivity contribution is 6.05. The number of hydrogen-bond acceptors (Lipinski definition) is 4. The van der Waals surface area contributed by atoms with Gasteiger partial charge in [0.25, 0.3) is 5.91 Å². The number of fused-ring (bicyclic) bond motifs is 3. The van der Waals surface area contributed by atoms with Gasteiger partial charge in [-0.15, -0.1) is 0 Å². The van der Waals surface area contributed by atoms with Crippen molar-refractivity contribution in [2.24, 2.45) is 0 Å². The number of carbonyl (C=O) groups is 2. The van der Waals surface area contributed by atoms with E-state index in [4.69, 9.17) is 4.98 Å². The van der Waals surface area contributed by atoms with Crippen LogP contribution in [0.4, 0.5) is 5.69 Å². The molecule has 2 aromatic heterocycles. The minimum Gasteiger partial charge on any atom is -0.332 e. The summed E-state index contributed by atoms with van der Waals surface area (Å²) in [7, 11) is 0. The van der Waals surface area contributed by atoms with Crippen LogP contribution in [0.1, 0.15) is 27.3 Å². The van der Waals surface area contributed by atoms with Gasteiger partial charge in [-0.3, -0.25) is 19.6 Å². The Morgan fingerprint density at radius 2 is 1.91 bits per heavy atom. The van der Waals surface area contributed by atoms with E-state index >= 15 is 0 Å². The third-order valence-corrected chi connectivity index (χ3v) is 6.21. The summed E-state index contributed by atoms with van der Waals surface area (Å²) in [6.45, 7) is 1.08. The maximum atomic E-state index is 13.3. The van der Waals surface area contributed by atoms with Gasteiger partial charge in [0.15, 0.2) is 0 Å². The number of aromatic nitrogens is 2. The van der Waals surface area contributed by atoms with Crippen molar-refractivity contribution in [2.45, 2.75) is 19.4 Å². The Balaban J connectivity index is 1.25. The lowest BCUT2D eigenvalue weighted by molar-refractivity contribution is -0.115. The summed E-state index contributed by atoms with van der Waals surface area (Å²) < 4.78 is 0. The maximum absolute atomic E-state index is 13.3. The second kappa shape index (κ2) is 7.27. The normalized spacial score (nSPS) is 14.6. The molecule has 4 aromatic rings. The standard InChI is InChI=1S/C26H20N4O2/c31-24-14-18-6-5-17(13-22(18)29-24)20-9-11-27-23-15-30(26(32)25(20)23)12-10-19-8-7-16-3-1-2-4-21(16)28-19/h1-9,11,13H,10,12,14-15H2,(H,29,31). The number of pyridine rings is 2. The first-order valence-corrected chi connectivity index (χ1v) is 10.7. The molecule has 0 spiro atoms. The molecule has 6 rings (SSSR count). The van der Waals surface area contributed by atoms with Crippen LogP contribution in [0.2, 0.25) is 0 Å². The lowest BCUT2D eigenvalue weighted by Crippen LogP contribution is -2.26. The van der Waals surface area contributed by atoms with Crippen LogP contribution < -0.4 is 5.32 Å². The number of benzene rings is 2. The van der Waals surface area contributed by atoms with Crippen LogP contribution in [0.3, 0.4) is 0 Å². The molecule has 2 aromatic carbocycles. The third kappa shape index (κ3) is 3.12. The molecule has 0 atom stereocenters. The highest BCUT2D eigenvalue weighted by atomic mass is 16.2. The van der Waals surface area contributed by atoms with Gasteiger partial charge in [-0.25, -0.2) is 0 Å². The zero-order chi connectivity index (χ0) is 21.7. The average Bonchev–Trinajstić information content (AvgIpc) is 3.35. The van der Waals surface area contributed by atoms with Crippen molar-refractivity contribution in [1.82, 2.24) is 14.9 Å². The third-order valence-electron chi connectivity index (χ3n) is 6.21. The summed E-state index contributed by atoms with van der Waals surface area (Å²) in [5.74, 6) is -0.00455. The van der Waals surface area contributed by atoms with Gasteiger partial charge in [0.2, 0.25) is 5.91 Å². The summed E-state index contributed by atoms with van der Waals surface area (Å²) in [6.07, 6.45) is 2.84. The molecule has 0 unspecified atom stereocenters. The number of carbonyl (C=O) groups excluding carboxylic acids is 2. The van der Waals surface area contributed by atoms with Crippen LogP contribution in [-0.2, 0) is 24.2 Å². The molecule has 0 aliphatic carbocycles. The lowest BCUT2D eigenvalue weighted by atomic mass is 9.98. The van der Waals surface area contributed by atoms with Gasteiger partial charge in [0.1, 0.15) is 0 Å². The topological polar surface area (TPSA) is 75.2 Å². The fourth-order valence-electron chi connectivity index (χ4n) is 4.57. The molecule has 1 N–H and O–H groups in total. The molecule has 2 aliphatic heterocycles. The van der Waals surface area contributed by atoms with Crippen LogP contribution >= 0.6 is 0 Å². The summed E-state index contributed by atoms with van der Waals surface area (Å²) in [5.41, 5.74) is 6.96. The van der Waals surface area contributed by atoms with Crippen molar-refractivity contribution in [3.8, 4) is 11.1 Å². The van der Waals surface area contributed by atoms with E-state index in [2.05, 4.69) is 16.4 Å². The second-order valence-corrected chi connectivity index (χ2v) is 8.25. The highest BCUT2D eigenvalue weighted by Gasteiger charge is 2.31. The lowest BCUT2D eigenvalue weighted by Gasteiger charge is -2.15. The van der Waals surface area contributed by atoms with Gasteiger partial charge < -0.3 is 10.2 Å². The SMILES string of the molecule is O=C1Cc2ccc(-c3ccnc4c3C(=O)N(CCc3ccc5ccccc5n3)C4)cc2N1. The Kier molecular flexibility index (Phi) is 4.24. The Labute approximate surface area is 184 Å². The van der Waals surface area contributed by atoms with E-state index in [1.165, 1.54) is 0 Å². The minimum absolute atomic E-state index is 0.00154. The van der Waals surface area contributed by atoms with Gasteiger partial charge in [-0.1, -0.05) is 36.4 Å². The predicted molar refractivity (Wildman–Crippen MR) is 122 cm³/mol. The molecule has 4 heterocycles. The van der Waals surface area contributed by atoms with Crippen molar-refractivity contribution in [3.63, 3.8) is 0 Å². The largest absolute Gasteiger partial charge is 0.332 e. The molecule has 156 valence electrons. The van der Waals surface area contributed by atoms with Gasteiger partial charge in [-0.2, -0.15) is 0 Å². The summed E-state index contributed by atoms with van der Waals surface area (Å²) in [5, 5.41) is 4.00. The predicted octanol–water partition coefficient (Wildman–Crippen LogP) is 3.99. The first-order valence-electron chi connectivity index (χ1n) is 10.7. The smallest absolute Gasteiger partial charge is 0.256 e. The zero-order valence-corrected chi connectivity index (χ0v) is 17.3. The molecule has 2 amide bonds. The molecule has 6 nitrogen and oxygen atoms in total. The number of rotatable bonds is 4. The van der Waals surface area contributed by atoms with E-state index in [9.17, 15) is 9.59 Å². The first-order chi connectivity index (χ1) is 15.7. The first kappa shape index (κ1) is 18.7. The second-order valence-electron chi connectivity index (χ2n) is 8.25. The van der Waals surface area contributed by atoms with E-state index < -0.39 is 0 Å². The molecule has 2 aliphatic rings. The van der Waals surface area contributed by atoms with Gasteiger partial charge in [-0.05, 0) is 41.0 Å². The van der Waals surface area contributed by atoms with E-state index in [-0.39, 0.29) is 11.8 Å². The van der Waals surface area contributed by atoms with Crippen molar-refractivity contribution < 1.29 is 9.59 Å². The van der Waals surface area contributed by atoms with E-state index in [0.717, 1.165) is 44.7 Å². The monoisotopic (exact) mass is 420 g/mol. The van der Waals surface area contributed by atoms with Crippen LogP contribution in [0.5, 0.6) is 0 Å². The number of para-hydroxylation sites is 1. The highest BCUT2D eigenvalue weighted by Crippen LogP contribution is 2.35. The van der Waals surface area contributed by atoms with Crippen LogP contribution in [-0.4, -0.2) is 33.2 Å². The summed E-state index contributed by atoms with van der Waals surface area (Å²) >= 11 is 0. The Morgan fingerprint density at radius 1 is 1.00 bits per heavy atom. The number of anilines is 1. The van der Waals surface area contributed by atoms with Crippen molar-refractivity contribution in [2.75, 3.05) is 11.9 Å². The van der Waals surface area contributed by atoms with Gasteiger partial charge >= 0.3 is 0 Å². The Hall–Kier alpha value is -4.06. The number of nitrogens with zero attached hydrogens (tertiary/aromatic N) is 3. The maximum Gasteiger partial charge on any atom is 0.256 e. The van der Waals surface area contributed by atoms with E-state index in [1.807, 2.05) is 59.5 Å². The molecule has 0 radical (unpaired) electrons. The van der Waals surface area contributed by atoms with Crippen molar-refractivity contribution in [3.05, 3.63) is 89.4 Å². The Bertz CT molecular complexity index is 1410. The number of amides is 2. The minimum atomic E-state index is -0.00609. The number of nitrogens with one attached hydrogen (secondary N) is 1. The van der Waals surface area contributed by atoms with Crippen LogP contribution in [0, 0.1) is 0 Å². The van der Waals surface area contributed by atoms with Crippen LogP contribution in [0.15, 0.2) is 66.9 Å². The van der Waals surface area contributed by atoms with Gasteiger partial charge in [0.05, 0.1) is 29.7 Å². The Morgan fingerprint density at radius 3 is 2.84 bits per heavy atom. The van der Waals surface area contributed by atoms with Gasteiger partial charge in [0, 0.05) is 35.9 Å². The summed E-state index contributed by atoms with van der Waals surface area (Å²) in [6, 6.07) is 19.9. The molecule has 0 saturated carbocycles. The zero-order valence-electron chi connectivity index (χ0n) is 17.3. The molecule has 0 saturated heterocycles. The summed E-state index contributed by atoms with van der Waals surface area (Å²) in [4.78, 5) is 36.1. The molecular formula is C26H20N4O2. The van der Waals surface area contributed by atoms with Crippen molar-refractivity contribution >= 4 is 28.4 Å². The van der Waals surface area contributed by atoms with Crippen molar-refractivity contribution in [1.29, 1.82) is 0 Å². The molecule has 6 heteroatoms. The molecule has 0 bridgehead atoms. The average molecular weight is 420 g/mol. The van der Waals surface area contributed by atoms with E-state index in [0.29, 0.717) is 31.5 Å².